The van der Waals surface area contributed by atoms with Gasteiger partial charge in [-0.2, -0.15) is 15.0 Å². The van der Waals surface area contributed by atoms with Crippen molar-refractivity contribution in [2.24, 2.45) is 0 Å². The van der Waals surface area contributed by atoms with E-state index in [2.05, 4.69) is 25.7 Å². The summed E-state index contributed by atoms with van der Waals surface area (Å²) in [4.78, 5) is 23.9. The molecule has 1 rings (SSSR count). The largest absolute Gasteiger partial charge is 0.349 e. The molecule has 0 saturated carbocycles. The van der Waals surface area contributed by atoms with Crippen LogP contribution in [0.3, 0.4) is 0 Å². The fourth-order valence-corrected chi connectivity index (χ4v) is 1.70. The Morgan fingerprint density at radius 3 is 2.43 bits per heavy atom. The summed E-state index contributed by atoms with van der Waals surface area (Å²) in [6.07, 6.45) is 0.811. The zero-order chi connectivity index (χ0) is 16.2. The standard InChI is InChI=1S/C13H23ClN6O/c1-7-8(2)20(19-9(3)21)12-16-10(14)15-11(17-12)18-13(4,5)6/h8H,7H2,1-6H3,(H,19,21)(H,15,16,17,18)/t8-/m0/s1. The molecule has 0 bridgehead atoms. The van der Waals surface area contributed by atoms with E-state index < -0.39 is 0 Å². The van der Waals surface area contributed by atoms with E-state index in [0.29, 0.717) is 11.9 Å². The van der Waals surface area contributed by atoms with Gasteiger partial charge < -0.3 is 5.32 Å². The molecule has 0 aliphatic rings. The molecule has 1 aromatic rings. The predicted molar refractivity (Wildman–Crippen MR) is 84.3 cm³/mol. The van der Waals surface area contributed by atoms with Crippen LogP contribution in [0.5, 0.6) is 0 Å². The highest BCUT2D eigenvalue weighted by molar-refractivity contribution is 6.28. The normalized spacial score (nSPS) is 12.7. The van der Waals surface area contributed by atoms with Gasteiger partial charge in [0, 0.05) is 12.5 Å². The summed E-state index contributed by atoms with van der Waals surface area (Å²) >= 11 is 5.97. The van der Waals surface area contributed by atoms with E-state index in [1.807, 2.05) is 34.6 Å². The second kappa shape index (κ2) is 6.89. The van der Waals surface area contributed by atoms with E-state index in [4.69, 9.17) is 11.6 Å². The number of aromatic nitrogens is 3. The van der Waals surface area contributed by atoms with Crippen LogP contribution in [-0.2, 0) is 4.79 Å². The van der Waals surface area contributed by atoms with Crippen molar-refractivity contribution >= 4 is 29.4 Å². The van der Waals surface area contributed by atoms with Crippen molar-refractivity contribution in [3.05, 3.63) is 5.28 Å². The van der Waals surface area contributed by atoms with Crippen molar-refractivity contribution in [2.75, 3.05) is 10.3 Å². The Balaban J connectivity index is 3.15. The molecule has 1 aromatic heterocycles. The minimum Gasteiger partial charge on any atom is -0.349 e. The van der Waals surface area contributed by atoms with Crippen LogP contribution in [0.4, 0.5) is 11.9 Å². The van der Waals surface area contributed by atoms with Gasteiger partial charge in [0.1, 0.15) is 0 Å². The van der Waals surface area contributed by atoms with E-state index >= 15 is 0 Å². The number of carbonyl (C=O) groups excluding carboxylic acids is 1. The summed E-state index contributed by atoms with van der Waals surface area (Å²) < 4.78 is 0. The molecule has 8 heteroatoms. The first kappa shape index (κ1) is 17.4. The molecule has 1 amide bonds. The zero-order valence-corrected chi connectivity index (χ0v) is 14.1. The molecule has 0 aromatic carbocycles. The molecule has 0 radical (unpaired) electrons. The molecule has 21 heavy (non-hydrogen) atoms. The quantitative estimate of drug-likeness (QED) is 0.812. The molecule has 2 N–H and O–H groups in total. The van der Waals surface area contributed by atoms with E-state index in [-0.39, 0.29) is 22.8 Å². The maximum Gasteiger partial charge on any atom is 0.250 e. The van der Waals surface area contributed by atoms with Gasteiger partial charge in [-0.3, -0.25) is 10.2 Å². The van der Waals surface area contributed by atoms with Gasteiger partial charge in [-0.25, -0.2) is 5.01 Å². The van der Waals surface area contributed by atoms with Gasteiger partial charge in [-0.1, -0.05) is 6.92 Å². The van der Waals surface area contributed by atoms with Crippen LogP contribution in [0, 0.1) is 0 Å². The SMILES string of the molecule is CC[C@H](C)N(NC(C)=O)c1nc(Cl)nc(NC(C)(C)C)n1. The average molecular weight is 315 g/mol. The molecule has 0 aliphatic carbocycles. The average Bonchev–Trinajstić information content (AvgIpc) is 2.31. The number of hydrogen-bond donors (Lipinski definition) is 2. The Morgan fingerprint density at radius 2 is 1.95 bits per heavy atom. The van der Waals surface area contributed by atoms with E-state index in [0.717, 1.165) is 6.42 Å². The fraction of sp³-hybridized carbons (Fsp3) is 0.692. The topological polar surface area (TPSA) is 83.0 Å². The number of hydrogen-bond acceptors (Lipinski definition) is 6. The summed E-state index contributed by atoms with van der Waals surface area (Å²) in [6, 6.07) is 0.0230. The highest BCUT2D eigenvalue weighted by Gasteiger charge is 2.20. The number of nitrogens with one attached hydrogen (secondary N) is 2. The van der Waals surface area contributed by atoms with Gasteiger partial charge >= 0.3 is 0 Å². The van der Waals surface area contributed by atoms with Crippen LogP contribution in [0.15, 0.2) is 0 Å². The lowest BCUT2D eigenvalue weighted by atomic mass is 10.1. The molecule has 0 spiro atoms. The van der Waals surface area contributed by atoms with Crippen molar-refractivity contribution in [1.82, 2.24) is 20.4 Å². The van der Waals surface area contributed by atoms with Gasteiger partial charge in [0.2, 0.25) is 17.1 Å². The number of hydrazine groups is 1. The first-order valence-electron chi connectivity index (χ1n) is 6.88. The molecular formula is C13H23ClN6O. The molecule has 0 unspecified atom stereocenters. The third kappa shape index (κ3) is 5.71. The van der Waals surface area contributed by atoms with Gasteiger partial charge in [-0.15, -0.1) is 0 Å². The second-order valence-electron chi connectivity index (χ2n) is 5.90. The summed E-state index contributed by atoms with van der Waals surface area (Å²) in [5.41, 5.74) is 2.51. The molecular weight excluding hydrogens is 292 g/mol. The smallest absolute Gasteiger partial charge is 0.250 e. The third-order valence-electron chi connectivity index (χ3n) is 2.61. The summed E-state index contributed by atoms with van der Waals surface area (Å²) in [5, 5.41) is 4.82. The number of anilines is 2. The van der Waals surface area contributed by atoms with Crippen molar-refractivity contribution < 1.29 is 4.79 Å². The highest BCUT2D eigenvalue weighted by atomic mass is 35.5. The van der Waals surface area contributed by atoms with Crippen LogP contribution in [0.2, 0.25) is 5.28 Å². The maximum atomic E-state index is 11.4. The Hall–Kier alpha value is -1.63. The minimum absolute atomic E-state index is 0.0230. The van der Waals surface area contributed by atoms with Gasteiger partial charge in [0.15, 0.2) is 0 Å². The Kier molecular flexibility index (Phi) is 5.71. The highest BCUT2D eigenvalue weighted by Crippen LogP contribution is 2.18. The Bertz CT molecular complexity index is 502. The lowest BCUT2D eigenvalue weighted by Gasteiger charge is -2.29. The lowest BCUT2D eigenvalue weighted by molar-refractivity contribution is -0.119. The molecule has 118 valence electrons. The monoisotopic (exact) mass is 314 g/mol. The Labute approximate surface area is 130 Å². The second-order valence-corrected chi connectivity index (χ2v) is 6.24. The van der Waals surface area contributed by atoms with Crippen LogP contribution in [-0.4, -0.2) is 32.4 Å². The number of carbonyl (C=O) groups is 1. The molecule has 0 saturated heterocycles. The van der Waals surface area contributed by atoms with Gasteiger partial charge in [0.05, 0.1) is 6.04 Å². The minimum atomic E-state index is -0.211. The maximum absolute atomic E-state index is 11.4. The first-order chi connectivity index (χ1) is 9.62. The lowest BCUT2D eigenvalue weighted by Crippen LogP contribution is -2.48. The first-order valence-corrected chi connectivity index (χ1v) is 7.26. The van der Waals surface area contributed by atoms with Crippen molar-refractivity contribution in [3.8, 4) is 0 Å². The van der Waals surface area contributed by atoms with Crippen molar-refractivity contribution in [2.45, 2.75) is 59.5 Å². The van der Waals surface area contributed by atoms with Crippen LogP contribution in [0.25, 0.3) is 0 Å². The summed E-state index contributed by atoms with van der Waals surface area (Å²) in [5.74, 6) is 0.486. The number of nitrogens with zero attached hydrogens (tertiary/aromatic N) is 4. The number of halogens is 1. The van der Waals surface area contributed by atoms with Gasteiger partial charge in [0.25, 0.3) is 5.95 Å². The van der Waals surface area contributed by atoms with Gasteiger partial charge in [-0.05, 0) is 45.7 Å². The van der Waals surface area contributed by atoms with Crippen molar-refractivity contribution in [3.63, 3.8) is 0 Å². The summed E-state index contributed by atoms with van der Waals surface area (Å²) in [6.45, 7) is 11.4. The Morgan fingerprint density at radius 1 is 1.33 bits per heavy atom. The van der Waals surface area contributed by atoms with E-state index in [1.165, 1.54) is 6.92 Å². The number of rotatable bonds is 5. The van der Waals surface area contributed by atoms with Crippen LogP contribution in [0.1, 0.15) is 48.0 Å². The number of amides is 1. The predicted octanol–water partition coefficient (Wildman–Crippen LogP) is 2.39. The molecule has 1 heterocycles. The zero-order valence-electron chi connectivity index (χ0n) is 13.4. The van der Waals surface area contributed by atoms with Crippen molar-refractivity contribution in [1.29, 1.82) is 0 Å². The molecule has 1 atom stereocenters. The fourth-order valence-electron chi connectivity index (χ4n) is 1.55. The molecule has 7 nitrogen and oxygen atoms in total. The molecule has 0 fully saturated rings. The molecule has 0 aliphatic heterocycles. The van der Waals surface area contributed by atoms with Crippen LogP contribution < -0.4 is 15.8 Å². The van der Waals surface area contributed by atoms with E-state index in [1.54, 1.807) is 5.01 Å². The third-order valence-corrected chi connectivity index (χ3v) is 2.78. The van der Waals surface area contributed by atoms with Crippen LogP contribution >= 0.6 is 11.6 Å². The van der Waals surface area contributed by atoms with E-state index in [9.17, 15) is 4.79 Å². The summed E-state index contributed by atoms with van der Waals surface area (Å²) in [7, 11) is 0.